The number of anilines is 1. The van der Waals surface area contributed by atoms with Crippen LogP contribution < -0.4 is 5.32 Å². The maximum atomic E-state index is 12.2. The first-order valence-corrected chi connectivity index (χ1v) is 7.49. The molecule has 5 heteroatoms. The van der Waals surface area contributed by atoms with Crippen molar-refractivity contribution in [2.75, 3.05) is 18.4 Å². The molecule has 0 spiro atoms. The molecule has 1 aromatic heterocycles. The van der Waals surface area contributed by atoms with Crippen molar-refractivity contribution >= 4 is 17.5 Å². The standard InChI is InChI=1S/C16H23N3O2/c1-11(2)15-5-4-14(10-17-15)18-16(21)13-6-8-19(9-7-13)12(3)20/h4-5,10-11,13H,6-9H2,1-3H3,(H,18,21). The Hall–Kier alpha value is -1.91. The largest absolute Gasteiger partial charge is 0.343 e. The van der Waals surface area contributed by atoms with Crippen molar-refractivity contribution in [1.29, 1.82) is 0 Å². The SMILES string of the molecule is CC(=O)N1CCC(C(=O)Nc2ccc(C(C)C)nc2)CC1. The highest BCUT2D eigenvalue weighted by Gasteiger charge is 2.26. The van der Waals surface area contributed by atoms with Gasteiger partial charge in [0.25, 0.3) is 0 Å². The molecule has 1 aromatic rings. The molecule has 1 aliphatic heterocycles. The van der Waals surface area contributed by atoms with Gasteiger partial charge in [-0.25, -0.2) is 0 Å². The first-order valence-electron chi connectivity index (χ1n) is 7.49. The van der Waals surface area contributed by atoms with Crippen molar-refractivity contribution in [2.45, 2.75) is 39.5 Å². The topological polar surface area (TPSA) is 62.3 Å². The molecular weight excluding hydrogens is 266 g/mol. The van der Waals surface area contributed by atoms with Crippen LogP contribution in [0.3, 0.4) is 0 Å². The van der Waals surface area contributed by atoms with Gasteiger partial charge in [-0.15, -0.1) is 0 Å². The van der Waals surface area contributed by atoms with E-state index in [0.29, 0.717) is 19.0 Å². The van der Waals surface area contributed by atoms with Gasteiger partial charge in [-0.05, 0) is 30.9 Å². The number of carbonyl (C=O) groups is 2. The summed E-state index contributed by atoms with van der Waals surface area (Å²) in [7, 11) is 0. The van der Waals surface area contributed by atoms with Crippen LogP contribution in [0.2, 0.25) is 0 Å². The van der Waals surface area contributed by atoms with E-state index in [2.05, 4.69) is 24.1 Å². The van der Waals surface area contributed by atoms with E-state index in [1.54, 1.807) is 18.0 Å². The Balaban J connectivity index is 1.88. The Morgan fingerprint density at radius 2 is 1.95 bits per heavy atom. The Kier molecular flexibility index (Phi) is 4.94. The average molecular weight is 289 g/mol. The second-order valence-electron chi connectivity index (χ2n) is 5.90. The van der Waals surface area contributed by atoms with Crippen LogP contribution in [0.1, 0.15) is 45.2 Å². The predicted octanol–water partition coefficient (Wildman–Crippen LogP) is 2.40. The molecular formula is C16H23N3O2. The van der Waals surface area contributed by atoms with Crippen LogP contribution in [-0.4, -0.2) is 34.8 Å². The molecule has 0 unspecified atom stereocenters. The molecule has 1 N–H and O–H groups in total. The molecule has 2 rings (SSSR count). The van der Waals surface area contributed by atoms with Crippen LogP contribution in [0.4, 0.5) is 5.69 Å². The molecule has 0 aliphatic carbocycles. The number of pyridine rings is 1. The minimum absolute atomic E-state index is 0.0228. The van der Waals surface area contributed by atoms with Gasteiger partial charge in [-0.3, -0.25) is 14.6 Å². The summed E-state index contributed by atoms with van der Waals surface area (Å²) < 4.78 is 0. The monoisotopic (exact) mass is 289 g/mol. The number of hydrogen-bond donors (Lipinski definition) is 1. The number of nitrogens with one attached hydrogen (secondary N) is 1. The molecule has 0 saturated carbocycles. The van der Waals surface area contributed by atoms with E-state index < -0.39 is 0 Å². The molecule has 2 amide bonds. The van der Waals surface area contributed by atoms with Gasteiger partial charge in [0.2, 0.25) is 11.8 Å². The normalized spacial score (nSPS) is 16.1. The second-order valence-corrected chi connectivity index (χ2v) is 5.90. The molecule has 1 aliphatic rings. The fourth-order valence-electron chi connectivity index (χ4n) is 2.52. The van der Waals surface area contributed by atoms with Gasteiger partial charge in [0, 0.05) is 31.6 Å². The van der Waals surface area contributed by atoms with Gasteiger partial charge in [0.15, 0.2) is 0 Å². The number of aromatic nitrogens is 1. The van der Waals surface area contributed by atoms with Crippen molar-refractivity contribution in [3.63, 3.8) is 0 Å². The molecule has 2 heterocycles. The Labute approximate surface area is 125 Å². The molecule has 0 aromatic carbocycles. The highest BCUT2D eigenvalue weighted by molar-refractivity contribution is 5.92. The molecule has 0 radical (unpaired) electrons. The Morgan fingerprint density at radius 1 is 1.29 bits per heavy atom. The average Bonchev–Trinajstić information content (AvgIpc) is 2.47. The minimum Gasteiger partial charge on any atom is -0.343 e. The van der Waals surface area contributed by atoms with Gasteiger partial charge in [-0.1, -0.05) is 13.8 Å². The smallest absolute Gasteiger partial charge is 0.227 e. The van der Waals surface area contributed by atoms with Crippen molar-refractivity contribution in [3.05, 3.63) is 24.0 Å². The lowest BCUT2D eigenvalue weighted by atomic mass is 9.96. The summed E-state index contributed by atoms with van der Waals surface area (Å²) >= 11 is 0. The number of piperidine rings is 1. The van der Waals surface area contributed by atoms with E-state index in [1.807, 2.05) is 12.1 Å². The van der Waals surface area contributed by atoms with Crippen LogP contribution in [0.25, 0.3) is 0 Å². The quantitative estimate of drug-likeness (QED) is 0.929. The maximum Gasteiger partial charge on any atom is 0.227 e. The van der Waals surface area contributed by atoms with Crippen molar-refractivity contribution in [1.82, 2.24) is 9.88 Å². The first-order chi connectivity index (χ1) is 9.97. The highest BCUT2D eigenvalue weighted by atomic mass is 16.2. The summed E-state index contributed by atoms with van der Waals surface area (Å²) in [5, 5.41) is 2.92. The van der Waals surface area contributed by atoms with E-state index in [9.17, 15) is 9.59 Å². The number of amides is 2. The predicted molar refractivity (Wildman–Crippen MR) is 81.9 cm³/mol. The molecule has 1 saturated heterocycles. The van der Waals surface area contributed by atoms with Gasteiger partial charge in [0.1, 0.15) is 0 Å². The third-order valence-corrected chi connectivity index (χ3v) is 3.96. The summed E-state index contributed by atoms with van der Waals surface area (Å²) in [4.78, 5) is 29.6. The third-order valence-electron chi connectivity index (χ3n) is 3.96. The lowest BCUT2D eigenvalue weighted by molar-refractivity contribution is -0.132. The van der Waals surface area contributed by atoms with Crippen molar-refractivity contribution < 1.29 is 9.59 Å². The van der Waals surface area contributed by atoms with Crippen LogP contribution >= 0.6 is 0 Å². The van der Waals surface area contributed by atoms with E-state index in [-0.39, 0.29) is 17.7 Å². The van der Waals surface area contributed by atoms with E-state index in [1.165, 1.54) is 0 Å². The zero-order valence-electron chi connectivity index (χ0n) is 12.9. The lowest BCUT2D eigenvalue weighted by Gasteiger charge is -2.30. The summed E-state index contributed by atoms with van der Waals surface area (Å²) in [6, 6.07) is 3.84. The highest BCUT2D eigenvalue weighted by Crippen LogP contribution is 2.20. The van der Waals surface area contributed by atoms with Gasteiger partial charge in [-0.2, -0.15) is 0 Å². The molecule has 5 nitrogen and oxygen atoms in total. The molecule has 0 atom stereocenters. The number of rotatable bonds is 3. The van der Waals surface area contributed by atoms with Crippen molar-refractivity contribution in [2.24, 2.45) is 5.92 Å². The first kappa shape index (κ1) is 15.5. The van der Waals surface area contributed by atoms with Crippen LogP contribution in [0.15, 0.2) is 18.3 Å². The maximum absolute atomic E-state index is 12.2. The van der Waals surface area contributed by atoms with E-state index in [4.69, 9.17) is 0 Å². The minimum atomic E-state index is -0.0228. The molecule has 114 valence electrons. The van der Waals surface area contributed by atoms with Gasteiger partial charge >= 0.3 is 0 Å². The Bertz CT molecular complexity index is 503. The fraction of sp³-hybridized carbons (Fsp3) is 0.562. The van der Waals surface area contributed by atoms with Crippen LogP contribution in [-0.2, 0) is 9.59 Å². The Morgan fingerprint density at radius 3 is 2.43 bits per heavy atom. The summed E-state index contributed by atoms with van der Waals surface area (Å²) in [6.07, 6.45) is 3.16. The summed E-state index contributed by atoms with van der Waals surface area (Å²) in [6.45, 7) is 7.07. The number of likely N-dealkylation sites (tertiary alicyclic amines) is 1. The van der Waals surface area contributed by atoms with Crippen LogP contribution in [0, 0.1) is 5.92 Å². The fourth-order valence-corrected chi connectivity index (χ4v) is 2.52. The zero-order valence-corrected chi connectivity index (χ0v) is 12.9. The molecule has 0 bridgehead atoms. The zero-order chi connectivity index (χ0) is 15.4. The number of carbonyl (C=O) groups excluding carboxylic acids is 2. The third kappa shape index (κ3) is 4.03. The van der Waals surface area contributed by atoms with E-state index in [0.717, 1.165) is 24.2 Å². The van der Waals surface area contributed by atoms with Crippen LogP contribution in [0.5, 0.6) is 0 Å². The number of nitrogens with zero attached hydrogens (tertiary/aromatic N) is 2. The number of hydrogen-bond acceptors (Lipinski definition) is 3. The second kappa shape index (κ2) is 6.70. The lowest BCUT2D eigenvalue weighted by Crippen LogP contribution is -2.40. The van der Waals surface area contributed by atoms with Crippen molar-refractivity contribution in [3.8, 4) is 0 Å². The molecule has 21 heavy (non-hydrogen) atoms. The van der Waals surface area contributed by atoms with Gasteiger partial charge < -0.3 is 10.2 Å². The molecule has 1 fully saturated rings. The summed E-state index contributed by atoms with van der Waals surface area (Å²) in [5.41, 5.74) is 1.75. The van der Waals surface area contributed by atoms with E-state index >= 15 is 0 Å². The summed E-state index contributed by atoms with van der Waals surface area (Å²) in [5.74, 6) is 0.468. The van der Waals surface area contributed by atoms with Gasteiger partial charge in [0.05, 0.1) is 11.9 Å².